The van der Waals surface area contributed by atoms with Crippen LogP contribution in [0.1, 0.15) is 31.7 Å². The van der Waals surface area contributed by atoms with E-state index in [0.717, 1.165) is 18.4 Å². The number of sulfonamides is 1. The predicted molar refractivity (Wildman–Crippen MR) is 108 cm³/mol. The van der Waals surface area contributed by atoms with Crippen molar-refractivity contribution in [3.63, 3.8) is 0 Å². The van der Waals surface area contributed by atoms with Gasteiger partial charge in [-0.1, -0.05) is 6.07 Å². The lowest BCUT2D eigenvalue weighted by atomic mass is 9.68. The number of nitrogens with one attached hydrogen (secondary N) is 1. The Morgan fingerprint density at radius 3 is 2.66 bits per heavy atom. The van der Waals surface area contributed by atoms with Crippen molar-refractivity contribution in [1.82, 2.24) is 9.29 Å². The maximum atomic E-state index is 13.2. The van der Waals surface area contributed by atoms with Gasteiger partial charge >= 0.3 is 0 Å². The van der Waals surface area contributed by atoms with E-state index in [0.29, 0.717) is 18.7 Å². The summed E-state index contributed by atoms with van der Waals surface area (Å²) in [4.78, 5) is 15.5. The van der Waals surface area contributed by atoms with Crippen LogP contribution in [0.2, 0.25) is 0 Å². The lowest BCUT2D eigenvalue weighted by Gasteiger charge is -2.41. The summed E-state index contributed by atoms with van der Waals surface area (Å²) in [6.07, 6.45) is 5.72. The number of amides is 1. The number of nitrogens with zero attached hydrogens (tertiary/aromatic N) is 2. The summed E-state index contributed by atoms with van der Waals surface area (Å²) in [5.41, 5.74) is 0.252. The largest absolute Gasteiger partial charge is 0.385 e. The van der Waals surface area contributed by atoms with Gasteiger partial charge in [-0.3, -0.25) is 9.78 Å². The molecule has 2 N–H and O–H groups in total. The molecule has 1 saturated heterocycles. The fourth-order valence-electron chi connectivity index (χ4n) is 4.72. The van der Waals surface area contributed by atoms with Crippen LogP contribution in [0.15, 0.2) is 53.7 Å². The highest BCUT2D eigenvalue weighted by Gasteiger charge is 2.52. The highest BCUT2D eigenvalue weighted by Crippen LogP contribution is 2.48. The highest BCUT2D eigenvalue weighted by atomic mass is 32.2. The summed E-state index contributed by atoms with van der Waals surface area (Å²) in [5.74, 6) is -0.254. The van der Waals surface area contributed by atoms with Crippen LogP contribution in [0.3, 0.4) is 0 Å². The van der Waals surface area contributed by atoms with Gasteiger partial charge in [-0.25, -0.2) is 8.42 Å². The normalized spacial score (nSPS) is 27.4. The number of pyridine rings is 1. The zero-order valence-corrected chi connectivity index (χ0v) is 17.1. The maximum Gasteiger partial charge on any atom is 0.243 e. The number of hydrogen-bond donors (Lipinski definition) is 2. The second kappa shape index (κ2) is 7.51. The summed E-state index contributed by atoms with van der Waals surface area (Å²) in [6.45, 7) is 2.09. The van der Waals surface area contributed by atoms with Gasteiger partial charge in [-0.05, 0) is 55.5 Å². The fraction of sp³-hybridized carbons (Fsp3) is 0.429. The fourth-order valence-corrected chi connectivity index (χ4v) is 6.24. The van der Waals surface area contributed by atoms with Crippen LogP contribution in [-0.2, 0) is 20.4 Å². The van der Waals surface area contributed by atoms with Gasteiger partial charge in [0.1, 0.15) is 0 Å². The zero-order chi connectivity index (χ0) is 20.6. The molecule has 2 aliphatic rings. The number of aromatic nitrogens is 1. The molecule has 1 aromatic heterocycles. The van der Waals surface area contributed by atoms with Crippen molar-refractivity contribution < 1.29 is 18.3 Å². The highest BCUT2D eigenvalue weighted by molar-refractivity contribution is 7.89. The SMILES string of the molecule is CC(=O)Nc1ccc(S(=O)(=O)N2C[C@@H]3CCC[C@@](O)(c4cccnc4)[C@H]3C2)cc1. The topological polar surface area (TPSA) is 99.6 Å². The van der Waals surface area contributed by atoms with E-state index in [1.54, 1.807) is 30.6 Å². The van der Waals surface area contributed by atoms with Crippen molar-refractivity contribution in [2.45, 2.75) is 36.7 Å². The van der Waals surface area contributed by atoms with E-state index in [-0.39, 0.29) is 29.2 Å². The number of fused-ring (bicyclic) bond motifs is 1. The average Bonchev–Trinajstić information content (AvgIpc) is 3.16. The second-order valence-electron chi connectivity index (χ2n) is 7.95. The van der Waals surface area contributed by atoms with Crippen molar-refractivity contribution in [3.05, 3.63) is 54.4 Å². The molecule has 8 heteroatoms. The molecule has 0 unspecified atom stereocenters. The number of hydrogen-bond acceptors (Lipinski definition) is 5. The van der Waals surface area contributed by atoms with E-state index in [1.807, 2.05) is 6.07 Å². The number of aliphatic hydroxyl groups is 1. The van der Waals surface area contributed by atoms with Gasteiger partial charge in [0.2, 0.25) is 15.9 Å². The summed E-state index contributed by atoms with van der Waals surface area (Å²) < 4.78 is 27.9. The number of benzene rings is 1. The summed E-state index contributed by atoms with van der Waals surface area (Å²) in [6, 6.07) is 9.86. The minimum atomic E-state index is -3.68. The number of rotatable bonds is 4. The quantitative estimate of drug-likeness (QED) is 0.799. The standard InChI is InChI=1S/C21H25N3O4S/c1-15(25)23-18-6-8-19(9-7-18)29(27,28)24-13-16-4-2-10-21(26,20(16)14-24)17-5-3-11-22-12-17/h3,5-9,11-12,16,20,26H,2,4,10,13-14H2,1H3,(H,23,25)/t16-,20-,21+/m0/s1. The van der Waals surface area contributed by atoms with Crippen LogP contribution < -0.4 is 5.32 Å². The minimum absolute atomic E-state index is 0.113. The first-order valence-electron chi connectivity index (χ1n) is 9.81. The van der Waals surface area contributed by atoms with E-state index in [2.05, 4.69) is 10.3 Å². The molecule has 2 fully saturated rings. The first-order chi connectivity index (χ1) is 13.8. The van der Waals surface area contributed by atoms with Gasteiger partial charge in [0, 0.05) is 49.6 Å². The Hall–Kier alpha value is -2.29. The predicted octanol–water partition coefficient (Wildman–Crippen LogP) is 2.35. The zero-order valence-electron chi connectivity index (χ0n) is 16.3. The first-order valence-corrected chi connectivity index (χ1v) is 11.3. The van der Waals surface area contributed by atoms with Crippen molar-refractivity contribution in [1.29, 1.82) is 0 Å². The molecular formula is C21H25N3O4S. The molecular weight excluding hydrogens is 390 g/mol. The van der Waals surface area contributed by atoms with Gasteiger partial charge in [0.15, 0.2) is 0 Å². The van der Waals surface area contributed by atoms with Gasteiger partial charge in [0.25, 0.3) is 0 Å². The smallest absolute Gasteiger partial charge is 0.243 e. The van der Waals surface area contributed by atoms with Crippen LogP contribution in [0, 0.1) is 11.8 Å². The van der Waals surface area contributed by atoms with Crippen LogP contribution in [0.25, 0.3) is 0 Å². The third-order valence-electron chi connectivity index (χ3n) is 6.13. The third-order valence-corrected chi connectivity index (χ3v) is 7.97. The molecule has 2 heterocycles. The monoisotopic (exact) mass is 415 g/mol. The van der Waals surface area contributed by atoms with Gasteiger partial charge in [-0.15, -0.1) is 0 Å². The van der Waals surface area contributed by atoms with Crippen LogP contribution >= 0.6 is 0 Å². The molecule has 1 aromatic carbocycles. The lowest BCUT2D eigenvalue weighted by molar-refractivity contribution is -0.114. The summed E-state index contributed by atoms with van der Waals surface area (Å²) in [7, 11) is -3.68. The molecule has 1 amide bonds. The minimum Gasteiger partial charge on any atom is -0.385 e. The molecule has 7 nitrogen and oxygen atoms in total. The third kappa shape index (κ3) is 3.68. The number of carbonyl (C=O) groups excluding carboxylic acids is 1. The maximum absolute atomic E-state index is 13.2. The number of carbonyl (C=O) groups is 1. The van der Waals surface area contributed by atoms with Crippen molar-refractivity contribution in [2.24, 2.45) is 11.8 Å². The molecule has 1 saturated carbocycles. The molecule has 3 atom stereocenters. The Bertz CT molecular complexity index is 994. The molecule has 29 heavy (non-hydrogen) atoms. The molecule has 154 valence electrons. The van der Waals surface area contributed by atoms with Gasteiger partial charge < -0.3 is 10.4 Å². The average molecular weight is 416 g/mol. The Kier molecular flexibility index (Phi) is 5.18. The van der Waals surface area contributed by atoms with Crippen molar-refractivity contribution in [3.8, 4) is 0 Å². The molecule has 0 spiro atoms. The first kappa shape index (κ1) is 20.0. The summed E-state index contributed by atoms with van der Waals surface area (Å²) in [5, 5.41) is 14.1. The molecule has 1 aliphatic heterocycles. The van der Waals surface area contributed by atoms with Crippen LogP contribution in [0.4, 0.5) is 5.69 Å². The molecule has 0 radical (unpaired) electrons. The molecule has 1 aliphatic carbocycles. The van der Waals surface area contributed by atoms with Crippen molar-refractivity contribution >= 4 is 21.6 Å². The Morgan fingerprint density at radius 1 is 1.24 bits per heavy atom. The van der Waals surface area contributed by atoms with E-state index in [9.17, 15) is 18.3 Å². The van der Waals surface area contributed by atoms with E-state index < -0.39 is 15.6 Å². The van der Waals surface area contributed by atoms with Crippen molar-refractivity contribution in [2.75, 3.05) is 18.4 Å². The van der Waals surface area contributed by atoms with E-state index >= 15 is 0 Å². The van der Waals surface area contributed by atoms with Crippen LogP contribution in [0.5, 0.6) is 0 Å². The van der Waals surface area contributed by atoms with Gasteiger partial charge in [-0.2, -0.15) is 4.31 Å². The number of anilines is 1. The van der Waals surface area contributed by atoms with E-state index in [1.165, 1.54) is 23.4 Å². The van der Waals surface area contributed by atoms with Crippen LogP contribution in [-0.4, -0.2) is 41.8 Å². The molecule has 4 rings (SSSR count). The Morgan fingerprint density at radius 2 is 2.00 bits per heavy atom. The molecule has 0 bridgehead atoms. The van der Waals surface area contributed by atoms with Gasteiger partial charge in [0.05, 0.1) is 10.5 Å². The Labute approximate surface area is 170 Å². The van der Waals surface area contributed by atoms with E-state index in [4.69, 9.17) is 0 Å². The Balaban J connectivity index is 1.58. The summed E-state index contributed by atoms with van der Waals surface area (Å²) >= 11 is 0. The lowest BCUT2D eigenvalue weighted by Crippen LogP contribution is -2.43. The molecule has 2 aromatic rings. The second-order valence-corrected chi connectivity index (χ2v) is 9.89.